The van der Waals surface area contributed by atoms with Crippen LogP contribution in [0.25, 0.3) is 131 Å². The van der Waals surface area contributed by atoms with Crippen LogP contribution >= 0.6 is 0 Å². The lowest BCUT2D eigenvalue weighted by atomic mass is 9.85. The van der Waals surface area contributed by atoms with E-state index in [-0.39, 0.29) is 0 Å². The predicted octanol–water partition coefficient (Wildman–Crippen LogP) is 15.3. The lowest BCUT2D eigenvalue weighted by Crippen LogP contribution is -1.94. The van der Waals surface area contributed by atoms with Crippen molar-refractivity contribution >= 4 is 108 Å². The van der Waals surface area contributed by atoms with Crippen LogP contribution in [0.3, 0.4) is 0 Å². The van der Waals surface area contributed by atoms with E-state index in [0.29, 0.717) is 0 Å². The molecule has 0 aliphatic rings. The average molecular weight is 733 g/mol. The minimum absolute atomic E-state index is 1.18. The lowest BCUT2D eigenvalue weighted by Gasteiger charge is -2.18. The molecule has 0 radical (unpaired) electrons. The zero-order valence-corrected chi connectivity index (χ0v) is 31.4. The maximum atomic E-state index is 2.43. The minimum Gasteiger partial charge on any atom is -0.309 e. The van der Waals surface area contributed by atoms with Crippen LogP contribution in [0.1, 0.15) is 0 Å². The number of rotatable bonds is 3. The van der Waals surface area contributed by atoms with Crippen molar-refractivity contribution in [3.63, 3.8) is 0 Å². The van der Waals surface area contributed by atoms with E-state index >= 15 is 0 Å². The molecule has 0 aliphatic heterocycles. The van der Waals surface area contributed by atoms with Crippen molar-refractivity contribution in [3.05, 3.63) is 194 Å². The Hall–Kier alpha value is -7.68. The molecule has 0 unspecified atom stereocenters. The van der Waals surface area contributed by atoms with Gasteiger partial charge in [0.05, 0.1) is 22.1 Å². The molecular weight excluding hydrogens is 701 g/mol. The molecule has 0 aliphatic carbocycles. The van der Waals surface area contributed by atoms with Gasteiger partial charge in [0.15, 0.2) is 0 Å². The molecule has 2 aromatic heterocycles. The Morgan fingerprint density at radius 3 is 1.05 bits per heavy atom. The Kier molecular flexibility index (Phi) is 5.79. The van der Waals surface area contributed by atoms with Gasteiger partial charge in [-0.1, -0.05) is 146 Å². The maximum absolute atomic E-state index is 2.43. The summed E-state index contributed by atoms with van der Waals surface area (Å²) in [4.78, 5) is 0. The van der Waals surface area contributed by atoms with Gasteiger partial charge in [0.1, 0.15) is 0 Å². The van der Waals surface area contributed by atoms with E-state index in [1.165, 1.54) is 131 Å². The average Bonchev–Trinajstić information content (AvgIpc) is 3.80. The molecule has 14 rings (SSSR count). The van der Waals surface area contributed by atoms with Gasteiger partial charge < -0.3 is 9.13 Å². The van der Waals surface area contributed by atoms with Crippen LogP contribution in [-0.2, 0) is 0 Å². The highest BCUT2D eigenvalue weighted by atomic mass is 15.0. The van der Waals surface area contributed by atoms with Crippen LogP contribution in [0.2, 0.25) is 0 Å². The maximum Gasteiger partial charge on any atom is 0.0553 e. The summed E-state index contributed by atoms with van der Waals surface area (Å²) in [7, 11) is 0. The molecule has 58 heavy (non-hydrogen) atoms. The van der Waals surface area contributed by atoms with Crippen molar-refractivity contribution < 1.29 is 0 Å². The Balaban J connectivity index is 1.06. The summed E-state index contributed by atoms with van der Waals surface area (Å²) in [5.74, 6) is 0. The SMILES string of the molecule is c1ccc(-n2c3ccccc3c3c4ccc5ccc(-c6ccc7ccc8c9c(ccc6c79)cc6c8c7ccccc7n6-c6ccccc6)c6ccc(cc32)c4c56)cc1. The summed E-state index contributed by atoms with van der Waals surface area (Å²) in [6.07, 6.45) is 0. The summed E-state index contributed by atoms with van der Waals surface area (Å²) < 4.78 is 4.87. The van der Waals surface area contributed by atoms with Crippen molar-refractivity contribution in [3.8, 4) is 22.5 Å². The second kappa shape index (κ2) is 11.0. The highest BCUT2D eigenvalue weighted by Crippen LogP contribution is 2.48. The largest absolute Gasteiger partial charge is 0.309 e. The van der Waals surface area contributed by atoms with Crippen LogP contribution in [0.5, 0.6) is 0 Å². The van der Waals surface area contributed by atoms with Crippen LogP contribution < -0.4 is 0 Å². The second-order valence-electron chi connectivity index (χ2n) is 16.0. The van der Waals surface area contributed by atoms with Crippen LogP contribution in [0.4, 0.5) is 0 Å². The number of fused-ring (bicyclic) bond motifs is 8. The third-order valence-electron chi connectivity index (χ3n) is 13.2. The van der Waals surface area contributed by atoms with E-state index in [1.54, 1.807) is 0 Å². The van der Waals surface area contributed by atoms with Crippen molar-refractivity contribution in [2.75, 3.05) is 0 Å². The molecule has 0 saturated carbocycles. The van der Waals surface area contributed by atoms with Gasteiger partial charge in [-0.2, -0.15) is 0 Å². The summed E-state index contributed by atoms with van der Waals surface area (Å²) in [5, 5.41) is 20.9. The Morgan fingerprint density at radius 2 is 0.586 bits per heavy atom. The van der Waals surface area contributed by atoms with Crippen LogP contribution in [-0.4, -0.2) is 9.13 Å². The van der Waals surface area contributed by atoms with Crippen molar-refractivity contribution in [1.82, 2.24) is 9.13 Å². The Bertz CT molecular complexity index is 3740. The minimum atomic E-state index is 1.18. The second-order valence-corrected chi connectivity index (χ2v) is 16.0. The molecule has 12 aromatic carbocycles. The predicted molar refractivity (Wildman–Crippen MR) is 248 cm³/mol. The van der Waals surface area contributed by atoms with Gasteiger partial charge in [-0.05, 0) is 124 Å². The van der Waals surface area contributed by atoms with E-state index in [4.69, 9.17) is 0 Å². The fourth-order valence-electron chi connectivity index (χ4n) is 10.8. The first kappa shape index (κ1) is 30.5. The van der Waals surface area contributed by atoms with Crippen molar-refractivity contribution in [2.24, 2.45) is 0 Å². The molecular formula is C56H32N2. The number of aromatic nitrogens is 2. The highest BCUT2D eigenvalue weighted by Gasteiger charge is 2.22. The molecule has 2 heterocycles. The van der Waals surface area contributed by atoms with Gasteiger partial charge >= 0.3 is 0 Å². The Morgan fingerprint density at radius 1 is 0.224 bits per heavy atom. The zero-order chi connectivity index (χ0) is 37.6. The molecule has 0 saturated heterocycles. The fraction of sp³-hybridized carbons (Fsp3) is 0. The summed E-state index contributed by atoms with van der Waals surface area (Å²) in [6, 6.07) is 72.4. The van der Waals surface area contributed by atoms with Gasteiger partial charge in [0, 0.05) is 32.9 Å². The molecule has 2 heteroatoms. The van der Waals surface area contributed by atoms with Gasteiger partial charge in [-0.25, -0.2) is 0 Å². The van der Waals surface area contributed by atoms with Crippen LogP contribution in [0.15, 0.2) is 194 Å². The number of benzene rings is 12. The number of hydrogen-bond acceptors (Lipinski definition) is 0. The number of para-hydroxylation sites is 4. The molecule has 0 spiro atoms. The molecule has 14 aromatic rings. The first-order chi connectivity index (χ1) is 28.8. The molecule has 0 atom stereocenters. The third-order valence-corrected chi connectivity index (χ3v) is 13.2. The van der Waals surface area contributed by atoms with E-state index in [9.17, 15) is 0 Å². The molecule has 266 valence electrons. The van der Waals surface area contributed by atoms with Gasteiger partial charge in [-0.15, -0.1) is 0 Å². The molecule has 0 bridgehead atoms. The number of nitrogens with zero attached hydrogens (tertiary/aromatic N) is 2. The monoisotopic (exact) mass is 732 g/mol. The first-order valence-electron chi connectivity index (χ1n) is 20.2. The quantitative estimate of drug-likeness (QED) is 0.160. The first-order valence-corrected chi connectivity index (χ1v) is 20.2. The third kappa shape index (κ3) is 3.82. The molecule has 0 fully saturated rings. The number of hydrogen-bond donors (Lipinski definition) is 0. The van der Waals surface area contributed by atoms with Crippen molar-refractivity contribution in [2.45, 2.75) is 0 Å². The van der Waals surface area contributed by atoms with E-state index in [1.807, 2.05) is 0 Å². The zero-order valence-electron chi connectivity index (χ0n) is 31.4. The van der Waals surface area contributed by atoms with E-state index in [2.05, 4.69) is 203 Å². The van der Waals surface area contributed by atoms with E-state index in [0.717, 1.165) is 0 Å². The lowest BCUT2D eigenvalue weighted by molar-refractivity contribution is 1.18. The summed E-state index contributed by atoms with van der Waals surface area (Å²) in [5.41, 5.74) is 9.86. The smallest absolute Gasteiger partial charge is 0.0553 e. The van der Waals surface area contributed by atoms with Gasteiger partial charge in [0.2, 0.25) is 0 Å². The fourth-order valence-corrected chi connectivity index (χ4v) is 10.8. The summed E-state index contributed by atoms with van der Waals surface area (Å²) in [6.45, 7) is 0. The highest BCUT2D eigenvalue weighted by molar-refractivity contribution is 6.36. The molecule has 2 nitrogen and oxygen atoms in total. The van der Waals surface area contributed by atoms with Gasteiger partial charge in [0.25, 0.3) is 0 Å². The molecule has 0 N–H and O–H groups in total. The standard InChI is InChI=1S/C56H32N2/c1-3-11-37(12-4-1)57-47-17-9-7-15-43(47)55-45-29-21-33-19-25-39(41-27-23-35(31-49(55)57)53(45)51(33)41)40-26-20-34-22-30-46-54-36(24-28-42(40)52(34)54)32-50-56(46)44-16-8-10-18-48(44)58(50)38-13-5-2-6-14-38/h1-32H. The van der Waals surface area contributed by atoms with Gasteiger partial charge in [-0.3, -0.25) is 0 Å². The van der Waals surface area contributed by atoms with Crippen molar-refractivity contribution in [1.29, 1.82) is 0 Å². The Labute approximate surface area is 332 Å². The molecule has 0 amide bonds. The van der Waals surface area contributed by atoms with Crippen LogP contribution in [0, 0.1) is 0 Å². The topological polar surface area (TPSA) is 9.86 Å². The normalized spacial score (nSPS) is 12.5. The van der Waals surface area contributed by atoms with E-state index < -0.39 is 0 Å². The summed E-state index contributed by atoms with van der Waals surface area (Å²) >= 11 is 0.